The lowest BCUT2D eigenvalue weighted by Crippen LogP contribution is -2.34. The first kappa shape index (κ1) is 16.3. The van der Waals surface area contributed by atoms with Gasteiger partial charge in [0, 0.05) is 25.0 Å². The van der Waals surface area contributed by atoms with E-state index in [0.29, 0.717) is 24.6 Å². The van der Waals surface area contributed by atoms with Gasteiger partial charge in [-0.2, -0.15) is 0 Å². The minimum absolute atomic E-state index is 0.00258. The summed E-state index contributed by atoms with van der Waals surface area (Å²) in [6, 6.07) is 0. The first-order valence-corrected chi connectivity index (χ1v) is 9.22. The number of aromatic nitrogens is 1. The molecule has 1 aliphatic heterocycles. The highest BCUT2D eigenvalue weighted by Gasteiger charge is 2.21. The van der Waals surface area contributed by atoms with Crippen molar-refractivity contribution in [2.75, 3.05) is 25.5 Å². The van der Waals surface area contributed by atoms with Crippen LogP contribution in [-0.2, 0) is 21.2 Å². The summed E-state index contributed by atoms with van der Waals surface area (Å²) >= 11 is 1.22. The van der Waals surface area contributed by atoms with Crippen LogP contribution in [0.2, 0.25) is 0 Å². The van der Waals surface area contributed by atoms with Crippen LogP contribution in [0.5, 0.6) is 0 Å². The quantitative estimate of drug-likeness (QED) is 0.761. The summed E-state index contributed by atoms with van der Waals surface area (Å²) in [5, 5.41) is 10.8. The molecule has 7 nitrogen and oxygen atoms in total. The molecule has 21 heavy (non-hydrogen) atoms. The van der Waals surface area contributed by atoms with E-state index >= 15 is 0 Å². The molecule has 2 rings (SSSR count). The van der Waals surface area contributed by atoms with Gasteiger partial charge in [-0.05, 0) is 18.8 Å². The zero-order valence-electron chi connectivity index (χ0n) is 11.4. The van der Waals surface area contributed by atoms with Crippen molar-refractivity contribution in [1.29, 1.82) is 0 Å². The van der Waals surface area contributed by atoms with E-state index in [1.165, 1.54) is 16.7 Å². The van der Waals surface area contributed by atoms with E-state index in [2.05, 4.69) is 9.71 Å². The Morgan fingerprint density at radius 1 is 1.57 bits per heavy atom. The van der Waals surface area contributed by atoms with Gasteiger partial charge in [-0.1, -0.05) is 0 Å². The number of nitrogens with one attached hydrogen (secondary N) is 1. The summed E-state index contributed by atoms with van der Waals surface area (Å²) in [5.74, 6) is -0.948. The maximum absolute atomic E-state index is 11.9. The topological polar surface area (TPSA) is 106 Å². The van der Waals surface area contributed by atoms with Gasteiger partial charge in [-0.15, -0.1) is 11.3 Å². The Labute approximate surface area is 127 Å². The molecule has 1 saturated heterocycles. The van der Waals surface area contributed by atoms with Crippen molar-refractivity contribution < 1.29 is 23.1 Å². The molecule has 0 saturated carbocycles. The normalized spacial score (nSPS) is 19.5. The Balaban J connectivity index is 1.76. The fourth-order valence-electron chi connectivity index (χ4n) is 2.15. The van der Waals surface area contributed by atoms with E-state index in [0.717, 1.165) is 12.8 Å². The molecular formula is C12H18N2O5S2. The number of rotatable bonds is 7. The minimum Gasteiger partial charge on any atom is -0.476 e. The molecule has 1 aromatic heterocycles. The maximum Gasteiger partial charge on any atom is 0.355 e. The number of ether oxygens (including phenoxy) is 1. The summed E-state index contributed by atoms with van der Waals surface area (Å²) in [6.07, 6.45) is 2.16. The monoisotopic (exact) mass is 334 g/mol. The zero-order valence-corrected chi connectivity index (χ0v) is 13.1. The van der Waals surface area contributed by atoms with Crippen LogP contribution in [0.25, 0.3) is 0 Å². The third-order valence-corrected chi connectivity index (χ3v) is 5.60. The van der Waals surface area contributed by atoms with Crippen molar-refractivity contribution in [2.24, 2.45) is 5.92 Å². The van der Waals surface area contributed by atoms with Crippen LogP contribution in [-0.4, -0.2) is 50.0 Å². The average molecular weight is 334 g/mol. The van der Waals surface area contributed by atoms with Crippen molar-refractivity contribution in [3.63, 3.8) is 0 Å². The Hall–Kier alpha value is -1.03. The molecule has 118 valence electrons. The minimum atomic E-state index is -3.33. The van der Waals surface area contributed by atoms with Crippen molar-refractivity contribution >= 4 is 27.3 Å². The molecule has 0 amide bonds. The van der Waals surface area contributed by atoms with Gasteiger partial charge in [-0.25, -0.2) is 22.9 Å². The number of aromatic carboxylic acids is 1. The highest BCUT2D eigenvalue weighted by atomic mass is 32.2. The Morgan fingerprint density at radius 2 is 2.38 bits per heavy atom. The predicted octanol–water partition coefficient (Wildman–Crippen LogP) is 0.730. The summed E-state index contributed by atoms with van der Waals surface area (Å²) in [7, 11) is -3.33. The van der Waals surface area contributed by atoms with Gasteiger partial charge in [0.05, 0.1) is 17.4 Å². The van der Waals surface area contributed by atoms with Gasteiger partial charge in [-0.3, -0.25) is 0 Å². The first-order valence-electron chi connectivity index (χ1n) is 6.69. The SMILES string of the molecule is O=C(O)c1csc(CCNS(=O)(=O)CC2CCCOC2)n1. The number of nitrogens with zero attached hydrogens (tertiary/aromatic N) is 1. The number of thiazole rings is 1. The van der Waals surface area contributed by atoms with Crippen LogP contribution in [0, 0.1) is 5.92 Å². The van der Waals surface area contributed by atoms with Crippen molar-refractivity contribution in [2.45, 2.75) is 19.3 Å². The zero-order chi connectivity index (χ0) is 15.3. The van der Waals surface area contributed by atoms with E-state index in [4.69, 9.17) is 9.84 Å². The lowest BCUT2D eigenvalue weighted by Gasteiger charge is -2.21. The van der Waals surface area contributed by atoms with Gasteiger partial charge in [0.15, 0.2) is 5.69 Å². The van der Waals surface area contributed by atoms with Gasteiger partial charge in [0.1, 0.15) is 0 Å². The molecule has 1 aliphatic rings. The molecule has 1 fully saturated rings. The van der Waals surface area contributed by atoms with Crippen LogP contribution in [0.1, 0.15) is 28.3 Å². The molecule has 2 heterocycles. The average Bonchev–Trinajstić information content (AvgIpc) is 2.88. The number of carboxylic acids is 1. The summed E-state index contributed by atoms with van der Waals surface area (Å²) in [5.41, 5.74) is -0.00258. The standard InChI is InChI=1S/C12H18N2O5S2/c15-12(16)10-7-20-11(14-10)3-4-13-21(17,18)8-9-2-1-5-19-6-9/h7,9,13H,1-6,8H2,(H,15,16). The lowest BCUT2D eigenvalue weighted by molar-refractivity contribution is 0.0625. The molecular weight excluding hydrogens is 316 g/mol. The third-order valence-electron chi connectivity index (χ3n) is 3.14. The largest absolute Gasteiger partial charge is 0.476 e. The fourth-order valence-corrected chi connectivity index (χ4v) is 4.33. The van der Waals surface area contributed by atoms with E-state index in [1.807, 2.05) is 0 Å². The summed E-state index contributed by atoms with van der Waals surface area (Å²) in [6.45, 7) is 1.43. The molecule has 1 aromatic rings. The maximum atomic E-state index is 11.9. The van der Waals surface area contributed by atoms with E-state index < -0.39 is 16.0 Å². The van der Waals surface area contributed by atoms with Crippen LogP contribution in [0.3, 0.4) is 0 Å². The Bertz CT molecular complexity index is 578. The van der Waals surface area contributed by atoms with Gasteiger partial charge in [0.2, 0.25) is 10.0 Å². The predicted molar refractivity (Wildman–Crippen MR) is 78.1 cm³/mol. The van der Waals surface area contributed by atoms with E-state index in [-0.39, 0.29) is 23.9 Å². The number of hydrogen-bond donors (Lipinski definition) is 2. The number of sulfonamides is 1. The molecule has 9 heteroatoms. The number of carbonyl (C=O) groups is 1. The van der Waals surface area contributed by atoms with E-state index in [1.54, 1.807) is 0 Å². The lowest BCUT2D eigenvalue weighted by atomic mass is 10.1. The second-order valence-corrected chi connectivity index (χ2v) is 7.73. The molecule has 0 radical (unpaired) electrons. The fraction of sp³-hybridized carbons (Fsp3) is 0.667. The number of hydrogen-bond acceptors (Lipinski definition) is 6. The van der Waals surface area contributed by atoms with Crippen LogP contribution in [0.15, 0.2) is 5.38 Å². The van der Waals surface area contributed by atoms with Gasteiger partial charge >= 0.3 is 5.97 Å². The molecule has 0 bridgehead atoms. The van der Waals surface area contributed by atoms with Crippen molar-refractivity contribution in [3.8, 4) is 0 Å². The third kappa shape index (κ3) is 5.34. The highest BCUT2D eigenvalue weighted by Crippen LogP contribution is 2.15. The molecule has 0 aromatic carbocycles. The molecule has 1 atom stereocenters. The molecule has 2 N–H and O–H groups in total. The van der Waals surface area contributed by atoms with Gasteiger partial charge in [0.25, 0.3) is 0 Å². The second kappa shape index (κ2) is 7.30. The smallest absolute Gasteiger partial charge is 0.355 e. The Morgan fingerprint density at radius 3 is 3.00 bits per heavy atom. The Kier molecular flexibility index (Phi) is 5.68. The second-order valence-electron chi connectivity index (χ2n) is 4.94. The summed E-state index contributed by atoms with van der Waals surface area (Å²) in [4.78, 5) is 14.6. The first-order chi connectivity index (χ1) is 9.96. The van der Waals surface area contributed by atoms with Crippen molar-refractivity contribution in [1.82, 2.24) is 9.71 Å². The molecule has 0 aliphatic carbocycles. The molecule has 1 unspecified atom stereocenters. The van der Waals surface area contributed by atoms with Crippen LogP contribution < -0.4 is 4.72 Å². The van der Waals surface area contributed by atoms with Gasteiger partial charge < -0.3 is 9.84 Å². The van der Waals surface area contributed by atoms with Crippen LogP contribution >= 0.6 is 11.3 Å². The van der Waals surface area contributed by atoms with E-state index in [9.17, 15) is 13.2 Å². The molecule has 0 spiro atoms. The number of carboxylic acid groups (broad SMARTS) is 1. The summed E-state index contributed by atoms with van der Waals surface area (Å²) < 4.78 is 31.6. The van der Waals surface area contributed by atoms with Crippen molar-refractivity contribution in [3.05, 3.63) is 16.1 Å². The van der Waals surface area contributed by atoms with Crippen LogP contribution in [0.4, 0.5) is 0 Å². The highest BCUT2D eigenvalue weighted by molar-refractivity contribution is 7.89.